The van der Waals surface area contributed by atoms with Crippen LogP contribution in [-0.4, -0.2) is 44.3 Å². The van der Waals surface area contributed by atoms with E-state index in [-0.39, 0.29) is 5.78 Å². The quantitative estimate of drug-likeness (QED) is 0.0889. The zero-order valence-corrected chi connectivity index (χ0v) is 22.9. The van der Waals surface area contributed by atoms with E-state index in [4.69, 9.17) is 9.47 Å². The molecule has 6 nitrogen and oxygen atoms in total. The van der Waals surface area contributed by atoms with Crippen molar-refractivity contribution < 1.29 is 19.1 Å². The Balaban J connectivity index is 1.36. The maximum absolute atomic E-state index is 13.1. The van der Waals surface area contributed by atoms with Crippen LogP contribution in [0.3, 0.4) is 0 Å². The molecule has 1 atom stereocenters. The fourth-order valence-electron chi connectivity index (χ4n) is 4.11. The van der Waals surface area contributed by atoms with Crippen LogP contribution >= 0.6 is 11.8 Å². The van der Waals surface area contributed by atoms with Crippen molar-refractivity contribution in [2.45, 2.75) is 17.4 Å². The van der Waals surface area contributed by atoms with Crippen LogP contribution in [0.25, 0.3) is 0 Å². The smallest absolute Gasteiger partial charge is 0.328 e. The number of carbonyl (C=O) groups is 2. The molecule has 0 spiro atoms. The summed E-state index contributed by atoms with van der Waals surface area (Å²) in [7, 11) is 1.36. The van der Waals surface area contributed by atoms with Crippen molar-refractivity contribution in [3.8, 4) is 5.75 Å². The molecule has 0 aliphatic heterocycles. The minimum atomic E-state index is -0.673. The first-order valence-electron chi connectivity index (χ1n) is 12.7. The van der Waals surface area contributed by atoms with Crippen LogP contribution in [-0.2, 0) is 16.0 Å². The van der Waals surface area contributed by atoms with E-state index in [0.717, 1.165) is 17.0 Å². The summed E-state index contributed by atoms with van der Waals surface area (Å²) >= 11 is 1.72. The van der Waals surface area contributed by atoms with E-state index < -0.39 is 12.0 Å². The molecular formula is C32H32N2O4S. The van der Waals surface area contributed by atoms with Crippen LogP contribution in [0, 0.1) is 0 Å². The van der Waals surface area contributed by atoms with Gasteiger partial charge < -0.3 is 20.1 Å². The number of hydrogen-bond acceptors (Lipinski definition) is 7. The molecule has 4 aromatic rings. The minimum Gasteiger partial charge on any atom is -0.492 e. The Bertz CT molecular complexity index is 1360. The van der Waals surface area contributed by atoms with Crippen molar-refractivity contribution >= 4 is 34.9 Å². The van der Waals surface area contributed by atoms with Crippen LogP contribution in [0.4, 0.5) is 11.4 Å². The predicted octanol–water partition coefficient (Wildman–Crippen LogP) is 6.33. The molecule has 0 aromatic heterocycles. The molecule has 0 aliphatic carbocycles. The summed E-state index contributed by atoms with van der Waals surface area (Å²) in [6.07, 6.45) is 2.44. The third-order valence-corrected chi connectivity index (χ3v) is 6.92. The molecular weight excluding hydrogens is 508 g/mol. The number of rotatable bonds is 13. The highest BCUT2D eigenvalue weighted by Gasteiger charge is 2.22. The number of hydrogen-bond donors (Lipinski definition) is 2. The summed E-state index contributed by atoms with van der Waals surface area (Å²) in [5, 5.41) is 6.59. The van der Waals surface area contributed by atoms with Gasteiger partial charge in [-0.15, -0.1) is 11.8 Å². The van der Waals surface area contributed by atoms with E-state index in [1.165, 1.54) is 12.0 Å². The number of carbonyl (C=O) groups excluding carboxylic acids is 2. The van der Waals surface area contributed by atoms with Crippen molar-refractivity contribution in [1.82, 2.24) is 0 Å². The third kappa shape index (κ3) is 7.88. The summed E-state index contributed by atoms with van der Waals surface area (Å²) in [5.41, 5.74) is 3.65. The van der Waals surface area contributed by atoms with Gasteiger partial charge in [-0.25, -0.2) is 4.79 Å². The molecule has 2 N–H and O–H groups in total. The first kappa shape index (κ1) is 27.8. The lowest BCUT2D eigenvalue weighted by molar-refractivity contribution is -0.141. The van der Waals surface area contributed by atoms with Gasteiger partial charge in [-0.2, -0.15) is 0 Å². The molecule has 0 saturated carbocycles. The fraction of sp³-hybridized carbons (Fsp3) is 0.188. The first-order valence-corrected chi connectivity index (χ1v) is 13.9. The normalized spacial score (nSPS) is 11.3. The van der Waals surface area contributed by atoms with Crippen LogP contribution in [0.2, 0.25) is 0 Å². The molecule has 7 heteroatoms. The van der Waals surface area contributed by atoms with Crippen molar-refractivity contribution in [3.05, 3.63) is 120 Å². The standard InChI is InChI=1S/C32H32N2O4S/c1-37-32(36)30(34-29-11-7-6-10-28(29)31(35)24-8-4-3-5-9-24)22-23-12-16-26(17-13-23)38-21-20-33-25-14-18-27(39-2)19-15-25/h3-19,30,33-34H,20-22H2,1-2H3/t30-/m0/s1. The second-order valence-corrected chi connectivity index (χ2v) is 9.69. The molecule has 39 heavy (non-hydrogen) atoms. The maximum Gasteiger partial charge on any atom is 0.328 e. The Kier molecular flexibility index (Phi) is 10.0. The van der Waals surface area contributed by atoms with E-state index in [1.807, 2.05) is 54.6 Å². The van der Waals surface area contributed by atoms with E-state index in [9.17, 15) is 9.59 Å². The van der Waals surface area contributed by atoms with Crippen LogP contribution in [0.15, 0.2) is 108 Å². The van der Waals surface area contributed by atoms with Crippen molar-refractivity contribution in [1.29, 1.82) is 0 Å². The fourth-order valence-corrected chi connectivity index (χ4v) is 4.51. The Hall–Kier alpha value is -4.23. The number of benzene rings is 4. The van der Waals surface area contributed by atoms with Gasteiger partial charge in [-0.05, 0) is 60.4 Å². The molecule has 0 radical (unpaired) electrons. The van der Waals surface area contributed by atoms with Gasteiger partial charge >= 0.3 is 5.97 Å². The van der Waals surface area contributed by atoms with Crippen molar-refractivity contribution in [2.75, 3.05) is 37.2 Å². The van der Waals surface area contributed by atoms with Gasteiger partial charge in [-0.1, -0.05) is 54.6 Å². The van der Waals surface area contributed by atoms with Gasteiger partial charge in [0, 0.05) is 40.4 Å². The largest absolute Gasteiger partial charge is 0.492 e. The van der Waals surface area contributed by atoms with Crippen molar-refractivity contribution in [3.63, 3.8) is 0 Å². The van der Waals surface area contributed by atoms with Gasteiger partial charge in [0.2, 0.25) is 0 Å². The van der Waals surface area contributed by atoms with Gasteiger partial charge in [0.05, 0.1) is 7.11 Å². The molecule has 0 amide bonds. The van der Waals surface area contributed by atoms with E-state index in [0.29, 0.717) is 36.4 Å². The molecule has 0 unspecified atom stereocenters. The predicted molar refractivity (Wildman–Crippen MR) is 158 cm³/mol. The zero-order valence-electron chi connectivity index (χ0n) is 22.1. The van der Waals surface area contributed by atoms with Crippen molar-refractivity contribution in [2.24, 2.45) is 0 Å². The highest BCUT2D eigenvalue weighted by Crippen LogP contribution is 2.22. The third-order valence-electron chi connectivity index (χ3n) is 6.18. The Morgan fingerprint density at radius 1 is 0.846 bits per heavy atom. The van der Waals surface area contributed by atoms with E-state index in [1.54, 1.807) is 36.0 Å². The average molecular weight is 541 g/mol. The Morgan fingerprint density at radius 3 is 2.23 bits per heavy atom. The second-order valence-electron chi connectivity index (χ2n) is 8.81. The number of anilines is 2. The lowest BCUT2D eigenvalue weighted by atomic mass is 10.00. The highest BCUT2D eigenvalue weighted by atomic mass is 32.2. The lowest BCUT2D eigenvalue weighted by Crippen LogP contribution is -2.33. The zero-order chi connectivity index (χ0) is 27.5. The number of nitrogens with one attached hydrogen (secondary N) is 2. The second kappa shape index (κ2) is 14.1. The molecule has 0 aliphatic rings. The summed E-state index contributed by atoms with van der Waals surface area (Å²) in [5.74, 6) is 0.226. The maximum atomic E-state index is 13.1. The van der Waals surface area contributed by atoms with Gasteiger partial charge in [0.25, 0.3) is 0 Å². The highest BCUT2D eigenvalue weighted by molar-refractivity contribution is 7.98. The number of ketones is 1. The molecule has 0 fully saturated rings. The Labute approximate surface area is 233 Å². The number of ether oxygens (including phenoxy) is 2. The molecule has 200 valence electrons. The molecule has 4 rings (SSSR count). The minimum absolute atomic E-state index is 0.115. The van der Waals surface area contributed by atoms with Crippen LogP contribution in [0.5, 0.6) is 5.75 Å². The van der Waals surface area contributed by atoms with Gasteiger partial charge in [0.15, 0.2) is 5.78 Å². The van der Waals surface area contributed by atoms with Crippen LogP contribution in [0.1, 0.15) is 21.5 Å². The first-order chi connectivity index (χ1) is 19.1. The monoisotopic (exact) mass is 540 g/mol. The average Bonchev–Trinajstić information content (AvgIpc) is 3.00. The number of esters is 1. The number of thioether (sulfide) groups is 1. The number of para-hydroxylation sites is 1. The molecule has 0 heterocycles. The lowest BCUT2D eigenvalue weighted by Gasteiger charge is -2.20. The van der Waals surface area contributed by atoms with Gasteiger partial charge in [-0.3, -0.25) is 4.79 Å². The summed E-state index contributed by atoms with van der Waals surface area (Å²) in [6, 6.07) is 31.5. The number of methoxy groups -OCH3 is 1. The topological polar surface area (TPSA) is 76.7 Å². The van der Waals surface area contributed by atoms with E-state index >= 15 is 0 Å². The Morgan fingerprint density at radius 2 is 1.54 bits per heavy atom. The SMILES string of the molecule is COC(=O)[C@H](Cc1ccc(OCCNc2ccc(SC)cc2)cc1)Nc1ccccc1C(=O)c1ccccc1. The molecule has 0 saturated heterocycles. The van der Waals surface area contributed by atoms with Gasteiger partial charge in [0.1, 0.15) is 18.4 Å². The molecule has 4 aromatic carbocycles. The summed E-state index contributed by atoms with van der Waals surface area (Å²) < 4.78 is 10.9. The molecule has 0 bridgehead atoms. The van der Waals surface area contributed by atoms with E-state index in [2.05, 4.69) is 41.2 Å². The summed E-state index contributed by atoms with van der Waals surface area (Å²) in [4.78, 5) is 27.0. The summed E-state index contributed by atoms with van der Waals surface area (Å²) in [6.45, 7) is 1.19. The van der Waals surface area contributed by atoms with Crippen LogP contribution < -0.4 is 15.4 Å².